The molecule has 1 unspecified atom stereocenters. The van der Waals surface area contributed by atoms with Crippen molar-refractivity contribution in [3.8, 4) is 5.75 Å². The van der Waals surface area contributed by atoms with Gasteiger partial charge in [0, 0.05) is 35.6 Å². The fraction of sp³-hybridized carbons (Fsp3) is 0.316. The first kappa shape index (κ1) is 15.1. The molecular weight excluding hydrogens is 305 g/mol. The van der Waals surface area contributed by atoms with Crippen LogP contribution in [0.15, 0.2) is 42.1 Å². The van der Waals surface area contributed by atoms with E-state index in [0.717, 1.165) is 40.7 Å². The maximum absolute atomic E-state index is 14.3. The van der Waals surface area contributed by atoms with Crippen molar-refractivity contribution in [2.24, 2.45) is 0 Å². The number of benzene rings is 1. The average molecular weight is 325 g/mol. The van der Waals surface area contributed by atoms with E-state index in [2.05, 4.69) is 16.9 Å². The van der Waals surface area contributed by atoms with Crippen molar-refractivity contribution in [1.29, 1.82) is 0 Å². The van der Waals surface area contributed by atoms with Crippen LogP contribution in [0.25, 0.3) is 16.3 Å². The van der Waals surface area contributed by atoms with Crippen molar-refractivity contribution in [3.63, 3.8) is 0 Å². The van der Waals surface area contributed by atoms with Crippen LogP contribution in [0, 0.1) is 0 Å². The Labute approximate surface area is 140 Å². The average Bonchev–Trinajstić information content (AvgIpc) is 2.85. The van der Waals surface area contributed by atoms with Crippen LogP contribution in [0.1, 0.15) is 12.5 Å². The molecule has 0 radical (unpaired) electrons. The van der Waals surface area contributed by atoms with Gasteiger partial charge < -0.3 is 10.5 Å². The number of likely N-dealkylation sites (tertiary alicyclic amines) is 1. The van der Waals surface area contributed by atoms with Gasteiger partial charge in [-0.1, -0.05) is 6.08 Å². The number of ether oxygens (including phenoxy) is 1. The number of pyridine rings is 1. The Kier molecular flexibility index (Phi) is 3.53. The Morgan fingerprint density at radius 2 is 2.08 bits per heavy atom. The zero-order chi connectivity index (χ0) is 16.8. The van der Waals surface area contributed by atoms with Crippen molar-refractivity contribution in [2.45, 2.75) is 19.2 Å². The van der Waals surface area contributed by atoms with Gasteiger partial charge in [0.1, 0.15) is 23.8 Å². The minimum absolute atomic E-state index is 0.154. The normalized spacial score (nSPS) is 21.5. The van der Waals surface area contributed by atoms with E-state index in [1.807, 2.05) is 31.2 Å². The lowest BCUT2D eigenvalue weighted by Crippen LogP contribution is -2.51. The van der Waals surface area contributed by atoms with Crippen LogP contribution in [-0.2, 0) is 0 Å². The third kappa shape index (κ3) is 2.55. The van der Waals surface area contributed by atoms with E-state index in [1.54, 1.807) is 12.3 Å². The van der Waals surface area contributed by atoms with Crippen LogP contribution in [-0.4, -0.2) is 42.3 Å². The van der Waals surface area contributed by atoms with E-state index in [0.29, 0.717) is 11.4 Å². The second-order valence-electron chi connectivity index (χ2n) is 6.62. The summed E-state index contributed by atoms with van der Waals surface area (Å²) in [5, 5.41) is 1.82. The highest BCUT2D eigenvalue weighted by molar-refractivity contribution is 5.94. The van der Waals surface area contributed by atoms with E-state index in [4.69, 9.17) is 10.5 Å². The van der Waals surface area contributed by atoms with Crippen LogP contribution >= 0.6 is 0 Å². The minimum atomic E-state index is -1.08. The maximum atomic E-state index is 14.3. The number of aromatic nitrogens is 1. The molecule has 124 valence electrons. The number of nitrogens with two attached hydrogens (primary N) is 1. The number of nitrogens with zero attached hydrogens (tertiary/aromatic N) is 2. The molecule has 1 aromatic heterocycles. The summed E-state index contributed by atoms with van der Waals surface area (Å²) in [6, 6.07) is 5.70. The Balaban J connectivity index is 1.82. The van der Waals surface area contributed by atoms with Gasteiger partial charge in [-0.15, -0.1) is 0 Å². The molecular formula is C19H20FN3O. The van der Waals surface area contributed by atoms with Gasteiger partial charge in [0.15, 0.2) is 0 Å². The molecule has 0 saturated carbocycles. The van der Waals surface area contributed by atoms with Crippen molar-refractivity contribution < 1.29 is 9.13 Å². The largest absolute Gasteiger partial charge is 0.487 e. The first-order chi connectivity index (χ1) is 11.5. The second-order valence-corrected chi connectivity index (χ2v) is 6.62. The highest BCUT2D eigenvalue weighted by atomic mass is 19.1. The van der Waals surface area contributed by atoms with Crippen molar-refractivity contribution in [1.82, 2.24) is 9.88 Å². The van der Waals surface area contributed by atoms with Gasteiger partial charge in [-0.05, 0) is 49.4 Å². The highest BCUT2D eigenvalue weighted by Gasteiger charge is 2.26. The number of nitrogen functional groups attached to an aromatic ring is 1. The predicted octanol–water partition coefficient (Wildman–Crippen LogP) is 3.19. The molecule has 2 N–H and O–H groups in total. The third-order valence-corrected chi connectivity index (χ3v) is 4.67. The van der Waals surface area contributed by atoms with E-state index in [-0.39, 0.29) is 6.10 Å². The van der Waals surface area contributed by atoms with Crippen LogP contribution in [0.3, 0.4) is 0 Å². The Morgan fingerprint density at radius 3 is 2.75 bits per heavy atom. The molecule has 1 fully saturated rings. The predicted molar refractivity (Wildman–Crippen MR) is 94.7 cm³/mol. The topological polar surface area (TPSA) is 51.4 Å². The minimum Gasteiger partial charge on any atom is -0.487 e. The summed E-state index contributed by atoms with van der Waals surface area (Å²) in [7, 11) is 2.06. The molecule has 2 aromatic rings. The monoisotopic (exact) mass is 325 g/mol. The quantitative estimate of drug-likeness (QED) is 0.941. The Hall–Kier alpha value is -2.40. The summed E-state index contributed by atoms with van der Waals surface area (Å²) >= 11 is 0. The number of halogens is 1. The Morgan fingerprint density at radius 1 is 1.29 bits per heavy atom. The van der Waals surface area contributed by atoms with Gasteiger partial charge in [-0.3, -0.25) is 4.90 Å². The number of alkyl halides is 1. The van der Waals surface area contributed by atoms with Crippen LogP contribution in [0.4, 0.5) is 10.2 Å². The number of allylic oxidation sites excluding steroid dienone is 4. The van der Waals surface area contributed by atoms with Crippen molar-refractivity contribution in [2.75, 3.05) is 25.9 Å². The summed E-state index contributed by atoms with van der Waals surface area (Å²) in [6.07, 6.45) is 4.21. The van der Waals surface area contributed by atoms with E-state index >= 15 is 0 Å². The molecule has 5 heteroatoms. The van der Waals surface area contributed by atoms with Crippen LogP contribution in [0.2, 0.25) is 0 Å². The van der Waals surface area contributed by atoms with Gasteiger partial charge in [-0.25, -0.2) is 9.37 Å². The van der Waals surface area contributed by atoms with Crippen molar-refractivity contribution >= 4 is 22.2 Å². The second kappa shape index (κ2) is 5.60. The lowest BCUT2D eigenvalue weighted by atomic mass is 9.97. The van der Waals surface area contributed by atoms with Crippen LogP contribution < -0.4 is 10.5 Å². The van der Waals surface area contributed by atoms with E-state index in [1.165, 1.54) is 0 Å². The molecule has 1 saturated heterocycles. The third-order valence-electron chi connectivity index (χ3n) is 4.67. The summed E-state index contributed by atoms with van der Waals surface area (Å²) in [6.45, 7) is 3.71. The first-order valence-electron chi connectivity index (χ1n) is 8.09. The molecule has 0 amide bonds. The van der Waals surface area contributed by atoms with Gasteiger partial charge in [-0.2, -0.15) is 0 Å². The standard InChI is InChI=1S/C19H20FN3O/c1-11-3-4-16(20)19(11)12-5-13-8-22-18(21)7-15(13)17(6-12)24-14-9-23(2)10-14/h3-8,14,16H,9-10H2,1-2H3,(H2,21,22). The Bertz CT molecular complexity index is 868. The van der Waals surface area contributed by atoms with Gasteiger partial charge in [0.25, 0.3) is 0 Å². The number of hydrogen-bond acceptors (Lipinski definition) is 4. The SMILES string of the molecule is CC1=C(c2cc(OC3CN(C)C3)c3cc(N)ncc3c2)C(F)C=C1. The summed E-state index contributed by atoms with van der Waals surface area (Å²) in [5.41, 5.74) is 8.32. The molecule has 0 spiro atoms. The molecule has 0 bridgehead atoms. The molecule has 1 aliphatic heterocycles. The number of likely N-dealkylation sites (N-methyl/N-ethyl adjacent to an activating group) is 1. The van der Waals surface area contributed by atoms with Crippen molar-refractivity contribution in [3.05, 3.63) is 47.7 Å². The lowest BCUT2D eigenvalue weighted by molar-refractivity contribution is 0.0399. The molecule has 24 heavy (non-hydrogen) atoms. The van der Waals surface area contributed by atoms with Crippen LogP contribution in [0.5, 0.6) is 5.75 Å². The molecule has 4 nitrogen and oxygen atoms in total. The zero-order valence-corrected chi connectivity index (χ0v) is 13.8. The van der Waals surface area contributed by atoms with Gasteiger partial charge in [0.05, 0.1) is 0 Å². The number of fused-ring (bicyclic) bond motifs is 1. The summed E-state index contributed by atoms with van der Waals surface area (Å²) in [4.78, 5) is 6.36. The fourth-order valence-corrected chi connectivity index (χ4v) is 3.41. The fourth-order valence-electron chi connectivity index (χ4n) is 3.41. The number of anilines is 1. The molecule has 2 aliphatic rings. The molecule has 2 heterocycles. The summed E-state index contributed by atoms with van der Waals surface area (Å²) in [5.74, 6) is 1.20. The summed E-state index contributed by atoms with van der Waals surface area (Å²) < 4.78 is 20.5. The molecule has 1 aliphatic carbocycles. The van der Waals surface area contributed by atoms with Gasteiger partial charge >= 0.3 is 0 Å². The van der Waals surface area contributed by atoms with E-state index in [9.17, 15) is 4.39 Å². The molecule has 1 atom stereocenters. The molecule has 4 rings (SSSR count). The zero-order valence-electron chi connectivity index (χ0n) is 13.8. The first-order valence-corrected chi connectivity index (χ1v) is 8.09. The number of rotatable bonds is 3. The van der Waals surface area contributed by atoms with Gasteiger partial charge in [0.2, 0.25) is 0 Å². The number of hydrogen-bond donors (Lipinski definition) is 1. The molecule has 1 aromatic carbocycles. The van der Waals surface area contributed by atoms with E-state index < -0.39 is 6.17 Å². The highest BCUT2D eigenvalue weighted by Crippen LogP contribution is 2.37. The lowest BCUT2D eigenvalue weighted by Gasteiger charge is -2.36. The maximum Gasteiger partial charge on any atom is 0.145 e. The smallest absolute Gasteiger partial charge is 0.145 e.